The molecular formula is C20H21N3O4S. The van der Waals surface area contributed by atoms with Gasteiger partial charge in [0.1, 0.15) is 11.3 Å². The first-order valence-electron chi connectivity index (χ1n) is 8.69. The number of thioether (sulfide) groups is 1. The number of rotatable bonds is 6. The molecule has 3 rings (SSSR count). The summed E-state index contributed by atoms with van der Waals surface area (Å²) in [6, 6.07) is 11.3. The highest BCUT2D eigenvalue weighted by molar-refractivity contribution is 7.99. The molecule has 0 aliphatic heterocycles. The largest absolute Gasteiger partial charge is 0.483 e. The molecule has 8 heteroatoms. The molecule has 0 saturated heterocycles. The van der Waals surface area contributed by atoms with Crippen LogP contribution in [0.15, 0.2) is 46.0 Å². The normalized spacial score (nSPS) is 10.7. The van der Waals surface area contributed by atoms with Crippen LogP contribution in [0.4, 0.5) is 0 Å². The zero-order valence-corrected chi connectivity index (χ0v) is 16.7. The second-order valence-electron chi connectivity index (χ2n) is 6.35. The predicted molar refractivity (Wildman–Crippen MR) is 107 cm³/mol. The van der Waals surface area contributed by atoms with Gasteiger partial charge in [0.15, 0.2) is 12.2 Å². The number of carbonyl (C=O) groups excluding carboxylic acids is 2. The lowest BCUT2D eigenvalue weighted by Crippen LogP contribution is -2.44. The molecule has 1 aromatic heterocycles. The Bertz CT molecular complexity index is 960. The van der Waals surface area contributed by atoms with Gasteiger partial charge in [0.2, 0.25) is 5.91 Å². The Hall–Kier alpha value is -3.00. The summed E-state index contributed by atoms with van der Waals surface area (Å²) >= 11 is 1.15. The maximum Gasteiger partial charge on any atom is 0.276 e. The van der Waals surface area contributed by atoms with Crippen molar-refractivity contribution in [3.05, 3.63) is 53.1 Å². The molecular weight excluding hydrogens is 378 g/mol. The topological polar surface area (TPSA) is 93.5 Å². The molecule has 2 aromatic carbocycles. The summed E-state index contributed by atoms with van der Waals surface area (Å²) in [4.78, 5) is 28.1. The number of hydrazine groups is 1. The van der Waals surface area contributed by atoms with Gasteiger partial charge in [-0.15, -0.1) is 0 Å². The fraction of sp³-hybridized carbons (Fsp3) is 0.250. The third kappa shape index (κ3) is 5.04. The van der Waals surface area contributed by atoms with E-state index in [1.807, 2.05) is 57.2 Å². The number of para-hydroxylation sites is 2. The van der Waals surface area contributed by atoms with Crippen LogP contribution in [0.2, 0.25) is 0 Å². The van der Waals surface area contributed by atoms with E-state index in [9.17, 15) is 9.59 Å². The fourth-order valence-electron chi connectivity index (χ4n) is 2.78. The van der Waals surface area contributed by atoms with Gasteiger partial charge >= 0.3 is 0 Å². The first kappa shape index (κ1) is 19.8. The molecule has 0 unspecified atom stereocenters. The van der Waals surface area contributed by atoms with Crippen LogP contribution in [-0.2, 0) is 9.59 Å². The molecule has 28 heavy (non-hydrogen) atoms. The number of aryl methyl sites for hydroxylation is 3. The van der Waals surface area contributed by atoms with Crippen molar-refractivity contribution in [3.8, 4) is 5.75 Å². The molecule has 0 radical (unpaired) electrons. The maximum atomic E-state index is 11.9. The number of hydrogen-bond donors (Lipinski definition) is 2. The Morgan fingerprint density at radius 2 is 1.75 bits per heavy atom. The van der Waals surface area contributed by atoms with Crippen molar-refractivity contribution in [3.63, 3.8) is 0 Å². The highest BCUT2D eigenvalue weighted by atomic mass is 32.2. The Morgan fingerprint density at radius 3 is 2.46 bits per heavy atom. The first-order chi connectivity index (χ1) is 13.4. The molecule has 1 heterocycles. The van der Waals surface area contributed by atoms with E-state index in [0.29, 0.717) is 16.6 Å². The molecule has 3 aromatic rings. The zero-order chi connectivity index (χ0) is 20.1. The summed E-state index contributed by atoms with van der Waals surface area (Å²) in [5.74, 6) is -0.0779. The molecule has 0 aliphatic carbocycles. The van der Waals surface area contributed by atoms with E-state index in [2.05, 4.69) is 15.8 Å². The molecule has 2 amide bonds. The van der Waals surface area contributed by atoms with Crippen molar-refractivity contribution in [1.82, 2.24) is 15.8 Å². The smallest absolute Gasteiger partial charge is 0.276 e. The number of aromatic nitrogens is 1. The Balaban J connectivity index is 1.42. The summed E-state index contributed by atoms with van der Waals surface area (Å²) < 4.78 is 11.1. The number of carbonyl (C=O) groups is 2. The summed E-state index contributed by atoms with van der Waals surface area (Å²) in [6.45, 7) is 5.67. The van der Waals surface area contributed by atoms with Crippen LogP contribution < -0.4 is 15.6 Å². The van der Waals surface area contributed by atoms with Gasteiger partial charge in [-0.3, -0.25) is 20.4 Å². The van der Waals surface area contributed by atoms with Crippen molar-refractivity contribution >= 4 is 34.7 Å². The van der Waals surface area contributed by atoms with Crippen LogP contribution in [0.1, 0.15) is 16.7 Å². The van der Waals surface area contributed by atoms with Gasteiger partial charge in [0.05, 0.1) is 5.75 Å². The van der Waals surface area contributed by atoms with E-state index in [4.69, 9.17) is 9.15 Å². The van der Waals surface area contributed by atoms with Crippen molar-refractivity contribution in [2.75, 3.05) is 12.4 Å². The van der Waals surface area contributed by atoms with Crippen molar-refractivity contribution in [2.24, 2.45) is 0 Å². The number of nitrogens with zero attached hydrogens (tertiary/aromatic N) is 1. The SMILES string of the molecule is Cc1cc(C)c(OCC(=O)NNC(=O)CSc2nc3ccccc3o2)c(C)c1. The molecule has 0 aliphatic rings. The van der Waals surface area contributed by atoms with Gasteiger partial charge in [-0.05, 0) is 44.0 Å². The Labute approximate surface area is 166 Å². The molecule has 0 fully saturated rings. The standard InChI is InChI=1S/C20H21N3O4S/c1-12-8-13(2)19(14(3)9-12)26-10-17(24)22-23-18(25)11-28-20-21-15-6-4-5-7-16(15)27-20/h4-9H,10-11H2,1-3H3,(H,22,24)(H,23,25). The number of oxazole rings is 1. The van der Waals surface area contributed by atoms with E-state index in [0.717, 1.165) is 34.0 Å². The van der Waals surface area contributed by atoms with Crippen LogP contribution in [0.5, 0.6) is 5.75 Å². The minimum Gasteiger partial charge on any atom is -0.483 e. The van der Waals surface area contributed by atoms with Gasteiger partial charge in [-0.1, -0.05) is 41.6 Å². The van der Waals surface area contributed by atoms with Crippen LogP contribution in [0.25, 0.3) is 11.1 Å². The van der Waals surface area contributed by atoms with E-state index in [1.165, 1.54) is 0 Å². The zero-order valence-electron chi connectivity index (χ0n) is 15.9. The molecule has 0 saturated carbocycles. The molecule has 146 valence electrons. The van der Waals surface area contributed by atoms with Gasteiger partial charge in [-0.2, -0.15) is 0 Å². The van der Waals surface area contributed by atoms with Crippen LogP contribution in [0.3, 0.4) is 0 Å². The number of benzene rings is 2. The van der Waals surface area contributed by atoms with Crippen molar-refractivity contribution < 1.29 is 18.7 Å². The first-order valence-corrected chi connectivity index (χ1v) is 9.67. The number of ether oxygens (including phenoxy) is 1. The van der Waals surface area contributed by atoms with E-state index in [1.54, 1.807) is 0 Å². The monoisotopic (exact) mass is 399 g/mol. The Kier molecular flexibility index (Phi) is 6.20. The Morgan fingerprint density at radius 1 is 1.07 bits per heavy atom. The third-order valence-electron chi connectivity index (χ3n) is 3.89. The fourth-order valence-corrected chi connectivity index (χ4v) is 3.42. The molecule has 0 spiro atoms. The van der Waals surface area contributed by atoms with Gasteiger partial charge in [-0.25, -0.2) is 4.98 Å². The predicted octanol–water partition coefficient (Wildman–Crippen LogP) is 3.07. The summed E-state index contributed by atoms with van der Waals surface area (Å²) in [7, 11) is 0. The average Bonchev–Trinajstić information content (AvgIpc) is 3.06. The second kappa shape index (κ2) is 8.79. The van der Waals surface area contributed by atoms with E-state index >= 15 is 0 Å². The lowest BCUT2D eigenvalue weighted by molar-refractivity contribution is -0.128. The van der Waals surface area contributed by atoms with Crippen molar-refractivity contribution in [1.29, 1.82) is 0 Å². The van der Waals surface area contributed by atoms with Gasteiger partial charge in [0, 0.05) is 0 Å². The summed E-state index contributed by atoms with van der Waals surface area (Å²) in [5.41, 5.74) is 9.15. The number of fused-ring (bicyclic) bond motifs is 1. The van der Waals surface area contributed by atoms with Gasteiger partial charge in [0.25, 0.3) is 11.1 Å². The number of hydrogen-bond acceptors (Lipinski definition) is 6. The lowest BCUT2D eigenvalue weighted by atomic mass is 10.1. The quantitative estimate of drug-likeness (QED) is 0.489. The molecule has 0 bridgehead atoms. The summed E-state index contributed by atoms with van der Waals surface area (Å²) in [5, 5.41) is 0.399. The van der Waals surface area contributed by atoms with E-state index in [-0.39, 0.29) is 18.3 Å². The summed E-state index contributed by atoms with van der Waals surface area (Å²) in [6.07, 6.45) is 0. The van der Waals surface area contributed by atoms with Crippen LogP contribution >= 0.6 is 11.8 Å². The lowest BCUT2D eigenvalue weighted by Gasteiger charge is -2.13. The van der Waals surface area contributed by atoms with Crippen LogP contribution in [-0.4, -0.2) is 29.2 Å². The number of nitrogens with one attached hydrogen (secondary N) is 2. The highest BCUT2D eigenvalue weighted by Crippen LogP contribution is 2.24. The minimum absolute atomic E-state index is 0.0597. The number of amides is 2. The minimum atomic E-state index is -0.445. The van der Waals surface area contributed by atoms with Crippen LogP contribution in [0, 0.1) is 20.8 Å². The highest BCUT2D eigenvalue weighted by Gasteiger charge is 2.11. The third-order valence-corrected chi connectivity index (χ3v) is 4.72. The average molecular weight is 399 g/mol. The molecule has 0 atom stereocenters. The molecule has 7 nitrogen and oxygen atoms in total. The van der Waals surface area contributed by atoms with Crippen molar-refractivity contribution in [2.45, 2.75) is 26.0 Å². The second-order valence-corrected chi connectivity index (χ2v) is 7.28. The maximum absolute atomic E-state index is 11.9. The van der Waals surface area contributed by atoms with E-state index < -0.39 is 5.91 Å². The van der Waals surface area contributed by atoms with Gasteiger partial charge < -0.3 is 9.15 Å². The molecule has 2 N–H and O–H groups in total.